The first-order valence-corrected chi connectivity index (χ1v) is 58.0. The Labute approximate surface area is 858 Å². The molecular weight excluding hydrogens is 1770 g/mol. The number of hydrogen-bond donors (Lipinski definition) is 0. The molecule has 0 aromatic heterocycles. The van der Waals surface area contributed by atoms with Crippen LogP contribution in [0, 0.1) is 151 Å². The number of esters is 2. The molecule has 16 aliphatic carbocycles. The molecule has 0 bridgehead atoms. The molecule has 770 valence electrons. The average molecular weight is 1940 g/mol. The largest absolute Gasteiger partial charge is 0.494 e. The van der Waals surface area contributed by atoms with Crippen LogP contribution in [0.5, 0.6) is 17.2 Å². The highest BCUT2D eigenvalue weighted by atomic mass is 16.6. The van der Waals surface area contributed by atoms with Gasteiger partial charge in [0.1, 0.15) is 36.1 Å². The molecule has 143 heavy (non-hydrogen) atoms. The molecule has 26 unspecified atom stereocenters. The Balaban J connectivity index is 0.000000136. The summed E-state index contributed by atoms with van der Waals surface area (Å²) in [6, 6.07) is 29.6. The van der Waals surface area contributed by atoms with Gasteiger partial charge in [-0.3, -0.25) is 28.8 Å². The summed E-state index contributed by atoms with van der Waals surface area (Å²) in [4.78, 5) is 78.0. The maximum atomic E-state index is 13.1. The zero-order chi connectivity index (χ0) is 99.9. The van der Waals surface area contributed by atoms with E-state index in [4.69, 9.17) is 28.4 Å². The Morgan fingerprint density at radius 2 is 0.727 bits per heavy atom. The van der Waals surface area contributed by atoms with Gasteiger partial charge in [-0.25, -0.2) is 0 Å². The summed E-state index contributed by atoms with van der Waals surface area (Å²) in [6.07, 6.45) is 70.5. The van der Waals surface area contributed by atoms with Gasteiger partial charge in [0.15, 0.2) is 23.1 Å². The number of carbonyl (C=O) groups excluding carboxylic acids is 6. The van der Waals surface area contributed by atoms with Crippen molar-refractivity contribution in [2.24, 2.45) is 151 Å². The maximum absolute atomic E-state index is 13.1. The molecule has 0 amide bonds. The Bertz CT molecular complexity index is 5670. The molecule has 9 saturated carbocycles. The SMILES string of the molecule is CC(C)CCCC(C)C1CCC2C3CC=C4CC(OC(=O)CCCOc5ccc6cc7ccccc7cc6c5)CCC4(C)C3CCC12C.CC(C)CCCCC1CCC2C3CC=C4CC(OC(=O)CCCOc5ccc6c(c5)C(=O)C5C=CC=CC5C6=O)CCC4(C)C3CCC12C.CC(C)CCCCC1CCC2C3CC=C4CC(OCCOc5ccc6c(c5)C(=O)C5C=CC=CC5C6=O)CCC4(C)C3CCC12C. The highest BCUT2D eigenvalue weighted by molar-refractivity contribution is 6.18. The number of carbonyl (C=O) groups is 6. The van der Waals surface area contributed by atoms with Crippen LogP contribution in [0.1, 0.15) is 382 Å². The summed E-state index contributed by atoms with van der Waals surface area (Å²) in [6.45, 7) is 34.3. The van der Waals surface area contributed by atoms with Crippen molar-refractivity contribution in [3.63, 3.8) is 0 Å². The van der Waals surface area contributed by atoms with Gasteiger partial charge in [0.2, 0.25) is 0 Å². The van der Waals surface area contributed by atoms with E-state index in [0.29, 0.717) is 108 Å². The molecule has 0 saturated heterocycles. The Kier molecular flexibility index (Phi) is 31.7. The average Bonchev–Trinajstić information content (AvgIpc) is 1.64. The van der Waals surface area contributed by atoms with E-state index < -0.39 is 17.8 Å². The lowest BCUT2D eigenvalue weighted by molar-refractivity contribution is -0.152. The molecule has 0 radical (unpaired) electrons. The lowest BCUT2D eigenvalue weighted by atomic mass is 9.47. The van der Waals surface area contributed by atoms with Crippen molar-refractivity contribution < 1.29 is 57.2 Å². The second-order valence-electron chi connectivity index (χ2n) is 51.2. The van der Waals surface area contributed by atoms with Gasteiger partial charge in [0.25, 0.3) is 0 Å². The zero-order valence-corrected chi connectivity index (χ0v) is 89.6. The maximum Gasteiger partial charge on any atom is 0.306 e. The number of allylic oxidation sites excluding steroid dienone is 11. The molecule has 5 aromatic carbocycles. The van der Waals surface area contributed by atoms with Gasteiger partial charge < -0.3 is 28.4 Å². The predicted molar refractivity (Wildman–Crippen MR) is 577 cm³/mol. The van der Waals surface area contributed by atoms with E-state index in [1.807, 2.05) is 60.7 Å². The van der Waals surface area contributed by atoms with Crippen molar-refractivity contribution in [3.8, 4) is 17.2 Å². The number of ether oxygens (including phenoxy) is 6. The highest BCUT2D eigenvalue weighted by Crippen LogP contribution is 2.71. The first-order valence-electron chi connectivity index (χ1n) is 58.0. The van der Waals surface area contributed by atoms with E-state index in [2.05, 4.69) is 157 Å². The zero-order valence-electron chi connectivity index (χ0n) is 89.6. The second-order valence-corrected chi connectivity index (χ2v) is 51.2. The summed E-state index contributed by atoms with van der Waals surface area (Å²) in [7, 11) is 0. The number of unbranched alkanes of at least 4 members (excludes halogenated alkanes) is 2. The first kappa shape index (κ1) is 103. The highest BCUT2D eigenvalue weighted by Gasteiger charge is 2.63. The number of benzene rings is 5. The summed E-state index contributed by atoms with van der Waals surface area (Å²) in [5, 5.41) is 4.87. The number of ketones is 4. The van der Waals surface area contributed by atoms with Crippen LogP contribution in [0.2, 0.25) is 0 Å². The monoisotopic (exact) mass is 1940 g/mol. The fourth-order valence-electron chi connectivity index (χ4n) is 34.0. The summed E-state index contributed by atoms with van der Waals surface area (Å²) >= 11 is 0. The molecule has 16 aliphatic rings. The van der Waals surface area contributed by atoms with Gasteiger partial charge >= 0.3 is 11.9 Å². The topological polar surface area (TPSA) is 158 Å². The van der Waals surface area contributed by atoms with Gasteiger partial charge in [-0.2, -0.15) is 0 Å². The van der Waals surface area contributed by atoms with E-state index in [1.54, 1.807) is 47.1 Å². The first-order chi connectivity index (χ1) is 68.9. The van der Waals surface area contributed by atoms with Crippen LogP contribution in [-0.4, -0.2) is 79.8 Å². The van der Waals surface area contributed by atoms with Crippen molar-refractivity contribution in [1.29, 1.82) is 0 Å². The smallest absolute Gasteiger partial charge is 0.306 e. The molecule has 0 aliphatic heterocycles. The molecule has 21 rings (SSSR count). The fourth-order valence-corrected chi connectivity index (χ4v) is 34.0. The Morgan fingerprint density at radius 3 is 1.19 bits per heavy atom. The van der Waals surface area contributed by atoms with Gasteiger partial charge in [-0.1, -0.05) is 262 Å². The Hall–Kier alpha value is -8.22. The minimum atomic E-state index is -0.439. The molecule has 9 fully saturated rings. The molecule has 26 atom stereocenters. The van der Waals surface area contributed by atoms with Crippen molar-refractivity contribution in [3.05, 3.63) is 197 Å². The number of fused-ring (bicyclic) bond motifs is 21. The molecule has 5 aromatic rings. The molecule has 0 spiro atoms. The standard InChI is InChI=1S/C45H60O3.C44H58O5.C42H56O4/c1-30(2)10-8-11-31(3)40-19-20-41-39-18-16-36-29-38(21-23-44(36,4)42(39)22-24-45(40,41)5)48-43(46)14-9-25-47-37-17-15-34-26-32-12-6-7-13-33(32)27-35(34)28-37;1-28(2)10-5-6-11-29-16-20-38-36-18-15-30-26-32(21-23-44(30,4)39(36)22-24-43(29,38)3)49-40(45)14-9-25-48-31-17-19-35-37(27-31)42(47)34-13-8-7-12-33(34)41(35)46;1-27(2)9-5-6-10-28-14-18-37-35-16-13-29-25-31(19-21-42(29,4)38(35)20-22-41(28,37)3)46-24-23-45-30-15-17-34-36(26-30)40(44)33-12-8-7-11-32(33)39(34)43/h6-7,12-13,15-17,26-28,30-31,38-42H,8-11,14,18-25,29H2,1-5H3;7-8,12-13,15,17,19,27-29,32-34,36,38-39H,5-6,9-11,14,16,18,20-26H2,1-4H3;7-8,11-13,15,17,26-28,31-33,35,37-38H,5-6,9-10,14,16,18-25H2,1-4H3. The normalized spacial score (nSPS) is 35.2. The van der Waals surface area contributed by atoms with Crippen LogP contribution in [0.25, 0.3) is 21.5 Å². The van der Waals surface area contributed by atoms with Crippen LogP contribution in [0.15, 0.2) is 175 Å². The predicted octanol–water partition coefficient (Wildman–Crippen LogP) is 32.4. The molecular formula is C131H174O12. The summed E-state index contributed by atoms with van der Waals surface area (Å²) < 4.78 is 36.6. The van der Waals surface area contributed by atoms with E-state index in [-0.39, 0.29) is 70.1 Å². The number of Topliss-reactive ketones (excluding diaryl/α,β-unsaturated/α-hetero) is 4. The van der Waals surface area contributed by atoms with Crippen LogP contribution in [-0.2, 0) is 23.8 Å². The lowest BCUT2D eigenvalue weighted by Crippen LogP contribution is -2.51. The van der Waals surface area contributed by atoms with Crippen LogP contribution in [0.3, 0.4) is 0 Å². The number of hydrogen-bond acceptors (Lipinski definition) is 12. The van der Waals surface area contributed by atoms with Crippen LogP contribution >= 0.6 is 0 Å². The third-order valence-electron chi connectivity index (χ3n) is 42.0. The van der Waals surface area contributed by atoms with Gasteiger partial charge in [-0.15, -0.1) is 0 Å². The van der Waals surface area contributed by atoms with Gasteiger partial charge in [-0.05, 0) is 376 Å². The molecule has 12 heteroatoms. The summed E-state index contributed by atoms with van der Waals surface area (Å²) in [5.74, 6) is 13.8. The minimum absolute atomic E-state index is 0.00240. The molecule has 0 heterocycles. The van der Waals surface area contributed by atoms with Gasteiger partial charge in [0.05, 0.1) is 49.6 Å². The quantitative estimate of drug-likeness (QED) is 0.0174. The van der Waals surface area contributed by atoms with E-state index >= 15 is 0 Å². The minimum Gasteiger partial charge on any atom is -0.494 e. The number of rotatable bonds is 32. The lowest BCUT2D eigenvalue weighted by Gasteiger charge is -2.58. The van der Waals surface area contributed by atoms with Gasteiger partial charge in [0, 0.05) is 47.9 Å². The molecule has 0 N–H and O–H groups in total. The van der Waals surface area contributed by atoms with Crippen molar-refractivity contribution in [1.82, 2.24) is 0 Å². The van der Waals surface area contributed by atoms with Crippen LogP contribution < -0.4 is 14.2 Å². The van der Waals surface area contributed by atoms with E-state index in [0.717, 1.165) is 152 Å². The van der Waals surface area contributed by atoms with E-state index in [1.165, 1.54) is 195 Å². The van der Waals surface area contributed by atoms with Crippen molar-refractivity contribution >= 4 is 56.6 Å². The Morgan fingerprint density at radius 1 is 0.343 bits per heavy atom. The molecule has 12 nitrogen and oxygen atoms in total. The second kappa shape index (κ2) is 43.9. The summed E-state index contributed by atoms with van der Waals surface area (Å²) in [5.41, 5.74) is 9.20. The third-order valence-corrected chi connectivity index (χ3v) is 42.0. The van der Waals surface area contributed by atoms with E-state index in [9.17, 15) is 28.8 Å². The van der Waals surface area contributed by atoms with Crippen molar-refractivity contribution in [2.75, 3.05) is 26.4 Å². The fraction of sp³-hybridized carbons (Fsp3) is 0.649. The van der Waals surface area contributed by atoms with Crippen molar-refractivity contribution in [2.45, 2.75) is 359 Å². The van der Waals surface area contributed by atoms with Crippen LogP contribution in [0.4, 0.5) is 0 Å². The third kappa shape index (κ3) is 21.2.